The third kappa shape index (κ3) is 5.71. The fourth-order valence-corrected chi connectivity index (χ4v) is 3.73. The molecule has 1 aliphatic heterocycles. The van der Waals surface area contributed by atoms with Crippen LogP contribution in [-0.4, -0.2) is 29.2 Å². The number of amidine groups is 1. The highest BCUT2D eigenvalue weighted by atomic mass is 32.2. The summed E-state index contributed by atoms with van der Waals surface area (Å²) in [7, 11) is 1.54. The lowest BCUT2D eigenvalue weighted by molar-refractivity contribution is -0.143. The molecular weight excluding hydrogens is 490 g/mol. The molecule has 0 saturated carbocycles. The Balaban J connectivity index is 1.90. The van der Waals surface area contributed by atoms with Gasteiger partial charge in [-0.05, 0) is 47.7 Å². The van der Waals surface area contributed by atoms with Crippen molar-refractivity contribution in [3.8, 4) is 5.75 Å². The van der Waals surface area contributed by atoms with E-state index < -0.39 is 52.4 Å². The lowest BCUT2D eigenvalue weighted by Gasteiger charge is -2.17. The first-order chi connectivity index (χ1) is 15.8. The summed E-state index contributed by atoms with van der Waals surface area (Å²) in [5, 5.41) is 11.7. The van der Waals surface area contributed by atoms with Crippen LogP contribution in [-0.2, 0) is 19.0 Å². The average molecular weight is 504 g/mol. The summed E-state index contributed by atoms with van der Waals surface area (Å²) in [6.07, 6.45) is -8.58. The van der Waals surface area contributed by atoms with E-state index >= 15 is 0 Å². The molecule has 2 N–H and O–H groups in total. The predicted molar refractivity (Wildman–Crippen MR) is 112 cm³/mol. The van der Waals surface area contributed by atoms with Gasteiger partial charge in [-0.25, -0.2) is 4.79 Å². The number of ether oxygens (including phenoxy) is 1. The highest BCUT2D eigenvalue weighted by Gasteiger charge is 2.38. The molecule has 3 rings (SSSR count). The summed E-state index contributed by atoms with van der Waals surface area (Å²) in [4.78, 5) is 27.3. The van der Waals surface area contributed by atoms with Crippen molar-refractivity contribution in [1.29, 1.82) is 0 Å². The third-order valence-corrected chi connectivity index (χ3v) is 5.33. The molecule has 2 aromatic rings. The maximum Gasteiger partial charge on any atom is 0.416 e. The average Bonchev–Trinajstić information content (AvgIpc) is 3.10. The van der Waals surface area contributed by atoms with Gasteiger partial charge < -0.3 is 15.2 Å². The number of nitrogens with one attached hydrogen (secondary N) is 1. The van der Waals surface area contributed by atoms with Crippen molar-refractivity contribution in [2.45, 2.75) is 19.0 Å². The molecule has 1 heterocycles. The topological polar surface area (TPSA) is 88.0 Å². The molecule has 180 valence electrons. The fraction of sp³-hybridized carbons (Fsp3) is 0.190. The van der Waals surface area contributed by atoms with Crippen molar-refractivity contribution in [3.05, 3.63) is 69.1 Å². The minimum absolute atomic E-state index is 0.0203. The van der Waals surface area contributed by atoms with Crippen molar-refractivity contribution >= 4 is 34.9 Å². The van der Waals surface area contributed by atoms with Crippen LogP contribution in [0.1, 0.15) is 32.6 Å². The van der Waals surface area contributed by atoms with Crippen molar-refractivity contribution in [2.24, 2.45) is 4.99 Å². The van der Waals surface area contributed by atoms with Gasteiger partial charge in [-0.3, -0.25) is 4.79 Å². The van der Waals surface area contributed by atoms with E-state index in [1.807, 2.05) is 0 Å². The van der Waals surface area contributed by atoms with Gasteiger partial charge in [0.1, 0.15) is 23.8 Å². The number of benzene rings is 2. The summed E-state index contributed by atoms with van der Waals surface area (Å²) in [5.41, 5.74) is -3.66. The van der Waals surface area contributed by atoms with E-state index in [0.717, 1.165) is 11.8 Å². The Morgan fingerprint density at radius 2 is 1.82 bits per heavy atom. The maximum atomic E-state index is 13.3. The van der Waals surface area contributed by atoms with Crippen molar-refractivity contribution in [1.82, 2.24) is 5.32 Å². The summed E-state index contributed by atoms with van der Waals surface area (Å²) in [6.45, 7) is -0.825. The van der Waals surface area contributed by atoms with Crippen LogP contribution in [0.15, 0.2) is 46.3 Å². The van der Waals surface area contributed by atoms with E-state index in [9.17, 15) is 41.0 Å². The SMILES string of the molecule is CNC1=NC(=O)S/C1=C\c1ccc(OCc2ccc(C(F)(F)F)cc2C(F)(F)F)c(C(=O)O)c1. The van der Waals surface area contributed by atoms with Crippen molar-refractivity contribution in [3.63, 3.8) is 0 Å². The standard InChI is InChI=1S/C21H14F6N2O4S/c1-28-17-16(34-19(32)29-17)7-10-2-5-15(13(6-10)18(30)31)33-9-11-3-4-12(20(22,23)24)8-14(11)21(25,26)27/h2-8H,9H2,1H3,(H,30,31)(H,28,29,32)/b16-7-. The maximum absolute atomic E-state index is 13.3. The number of alkyl halides is 6. The molecule has 1 aliphatic rings. The lowest BCUT2D eigenvalue weighted by Crippen LogP contribution is -2.16. The zero-order valence-electron chi connectivity index (χ0n) is 17.0. The molecule has 0 radical (unpaired) electrons. The Labute approximate surface area is 192 Å². The number of hydrogen-bond acceptors (Lipinski definition) is 5. The Hall–Kier alpha value is -3.48. The smallest absolute Gasteiger partial charge is 0.416 e. The monoisotopic (exact) mass is 504 g/mol. The van der Waals surface area contributed by atoms with Gasteiger partial charge in [0.25, 0.3) is 0 Å². The minimum Gasteiger partial charge on any atom is -0.488 e. The molecule has 34 heavy (non-hydrogen) atoms. The first-order valence-corrected chi connectivity index (χ1v) is 10.1. The molecule has 6 nitrogen and oxygen atoms in total. The number of rotatable bonds is 5. The third-order valence-electron chi connectivity index (χ3n) is 4.53. The van der Waals surface area contributed by atoms with E-state index in [0.29, 0.717) is 22.6 Å². The molecule has 0 unspecified atom stereocenters. The second kappa shape index (κ2) is 9.41. The van der Waals surface area contributed by atoms with Crippen LogP contribution < -0.4 is 10.1 Å². The predicted octanol–water partition coefficient (Wildman–Crippen LogP) is 5.83. The number of likely N-dealkylation sites (N-methyl/N-ethyl adjacent to an activating group) is 1. The number of hydrogen-bond donors (Lipinski definition) is 2. The van der Waals surface area contributed by atoms with Crippen LogP contribution in [0.5, 0.6) is 5.75 Å². The number of nitrogens with zero attached hydrogens (tertiary/aromatic N) is 1. The molecule has 1 amide bonds. The Morgan fingerprint density at radius 1 is 1.12 bits per heavy atom. The van der Waals surface area contributed by atoms with E-state index in [2.05, 4.69) is 10.3 Å². The van der Waals surface area contributed by atoms with Gasteiger partial charge in [0.2, 0.25) is 0 Å². The first kappa shape index (κ1) is 25.1. The highest BCUT2D eigenvalue weighted by molar-refractivity contribution is 8.18. The van der Waals surface area contributed by atoms with E-state index in [4.69, 9.17) is 4.74 Å². The number of carbonyl (C=O) groups excluding carboxylic acids is 1. The van der Waals surface area contributed by atoms with Crippen LogP contribution in [0.2, 0.25) is 0 Å². The van der Waals surface area contributed by atoms with Crippen molar-refractivity contribution in [2.75, 3.05) is 7.05 Å². The summed E-state index contributed by atoms with van der Waals surface area (Å²) in [5.74, 6) is -1.45. The lowest BCUT2D eigenvalue weighted by atomic mass is 10.0. The van der Waals surface area contributed by atoms with Crippen LogP contribution >= 0.6 is 11.8 Å². The second-order valence-corrected chi connectivity index (χ2v) is 7.80. The summed E-state index contributed by atoms with van der Waals surface area (Å²) < 4.78 is 83.7. The van der Waals surface area contributed by atoms with Crippen LogP contribution in [0.3, 0.4) is 0 Å². The normalized spacial score (nSPS) is 15.4. The van der Waals surface area contributed by atoms with Gasteiger partial charge in [0.05, 0.1) is 16.0 Å². The Bertz CT molecular complexity index is 1200. The van der Waals surface area contributed by atoms with Gasteiger partial charge in [-0.15, -0.1) is 0 Å². The summed E-state index contributed by atoms with van der Waals surface area (Å²) in [6, 6.07) is 4.89. The van der Waals surface area contributed by atoms with Gasteiger partial charge in [-0.1, -0.05) is 12.1 Å². The zero-order valence-corrected chi connectivity index (χ0v) is 17.9. The first-order valence-electron chi connectivity index (χ1n) is 9.27. The van der Waals surface area contributed by atoms with Gasteiger partial charge in [-0.2, -0.15) is 31.3 Å². The molecule has 0 aliphatic carbocycles. The number of carboxylic acid groups (broad SMARTS) is 1. The van der Waals surface area contributed by atoms with Gasteiger partial charge in [0, 0.05) is 12.6 Å². The molecule has 0 aromatic heterocycles. The molecule has 0 fully saturated rings. The largest absolute Gasteiger partial charge is 0.488 e. The molecule has 0 spiro atoms. The van der Waals surface area contributed by atoms with Crippen LogP contribution in [0, 0.1) is 0 Å². The molecule has 0 bridgehead atoms. The van der Waals surface area contributed by atoms with E-state index in [1.54, 1.807) is 7.05 Å². The van der Waals surface area contributed by atoms with Crippen LogP contribution in [0.4, 0.5) is 31.1 Å². The Morgan fingerprint density at radius 3 is 2.41 bits per heavy atom. The minimum atomic E-state index is -5.09. The molecule has 0 atom stereocenters. The molecule has 2 aromatic carbocycles. The number of halogens is 6. The molecule has 13 heteroatoms. The number of carbonyl (C=O) groups is 2. The highest BCUT2D eigenvalue weighted by Crippen LogP contribution is 2.38. The number of thioether (sulfide) groups is 1. The van der Waals surface area contributed by atoms with Crippen LogP contribution in [0.25, 0.3) is 6.08 Å². The number of aliphatic imine (C=N–C) groups is 1. The number of amides is 1. The second-order valence-electron chi connectivity index (χ2n) is 6.80. The number of aromatic carboxylic acids is 1. The fourth-order valence-electron chi connectivity index (χ4n) is 2.97. The quantitative estimate of drug-likeness (QED) is 0.499. The zero-order chi connectivity index (χ0) is 25.3. The van der Waals surface area contributed by atoms with Gasteiger partial charge in [0.15, 0.2) is 0 Å². The van der Waals surface area contributed by atoms with E-state index in [1.165, 1.54) is 24.3 Å². The van der Waals surface area contributed by atoms with E-state index in [-0.39, 0.29) is 17.7 Å². The summed E-state index contributed by atoms with van der Waals surface area (Å²) >= 11 is 0.816. The molecule has 0 saturated heterocycles. The van der Waals surface area contributed by atoms with Crippen molar-refractivity contribution < 1.29 is 45.8 Å². The molecular formula is C21H14F6N2O4S. The Kier molecular flexibility index (Phi) is 6.96. The number of carboxylic acids is 1. The van der Waals surface area contributed by atoms with Gasteiger partial charge >= 0.3 is 23.6 Å².